The van der Waals surface area contributed by atoms with Gasteiger partial charge in [-0.15, -0.1) is 10.2 Å². The molecule has 0 atom stereocenters. The normalized spacial score (nSPS) is 10.2. The summed E-state index contributed by atoms with van der Waals surface area (Å²) < 4.78 is 4.84. The number of nitrogens with one attached hydrogen (secondary N) is 1. The van der Waals surface area contributed by atoms with Crippen LogP contribution < -0.4 is 0 Å². The summed E-state index contributed by atoms with van der Waals surface area (Å²) in [6, 6.07) is 0. The van der Waals surface area contributed by atoms with E-state index in [0.29, 0.717) is 25.5 Å². The minimum atomic E-state index is -0.295. The fourth-order valence-corrected chi connectivity index (χ4v) is 1.59. The highest BCUT2D eigenvalue weighted by Crippen LogP contribution is 2.00. The Morgan fingerprint density at radius 1 is 1.32 bits per heavy atom. The molecule has 1 aromatic heterocycles. The van der Waals surface area contributed by atoms with Crippen LogP contribution in [0.25, 0.3) is 0 Å². The molecule has 0 aliphatic carbocycles. The molecule has 1 heterocycles. The molecule has 8 nitrogen and oxygen atoms in total. The average Bonchev–Trinajstić information content (AvgIpc) is 2.87. The SMILES string of the molecule is CCCN(CCC(=O)OCC)C(=O)Cc1nn[nH]n1. The average molecular weight is 269 g/mol. The Labute approximate surface area is 111 Å². The van der Waals surface area contributed by atoms with Crippen LogP contribution >= 0.6 is 0 Å². The van der Waals surface area contributed by atoms with Gasteiger partial charge in [0, 0.05) is 13.1 Å². The lowest BCUT2D eigenvalue weighted by Crippen LogP contribution is -2.35. The first kappa shape index (κ1) is 15.1. The van der Waals surface area contributed by atoms with E-state index in [-0.39, 0.29) is 24.7 Å². The number of H-pyrrole nitrogens is 1. The molecule has 0 aliphatic heterocycles. The zero-order valence-electron chi connectivity index (χ0n) is 11.3. The topological polar surface area (TPSA) is 101 Å². The van der Waals surface area contributed by atoms with E-state index < -0.39 is 0 Å². The number of amides is 1. The molecule has 0 unspecified atom stereocenters. The van der Waals surface area contributed by atoms with E-state index in [4.69, 9.17) is 4.74 Å². The molecule has 1 aromatic rings. The van der Waals surface area contributed by atoms with Gasteiger partial charge in [-0.05, 0) is 13.3 Å². The first-order valence-electron chi connectivity index (χ1n) is 6.33. The van der Waals surface area contributed by atoms with Crippen molar-refractivity contribution >= 4 is 11.9 Å². The lowest BCUT2D eigenvalue weighted by molar-refractivity contribution is -0.144. The summed E-state index contributed by atoms with van der Waals surface area (Å²) >= 11 is 0. The van der Waals surface area contributed by atoms with Gasteiger partial charge < -0.3 is 9.64 Å². The Morgan fingerprint density at radius 3 is 2.68 bits per heavy atom. The predicted octanol–water partition coefficient (Wildman–Crippen LogP) is -0.0660. The number of rotatable bonds is 8. The van der Waals surface area contributed by atoms with Crippen LogP contribution in [0.3, 0.4) is 0 Å². The number of esters is 1. The van der Waals surface area contributed by atoms with Gasteiger partial charge >= 0.3 is 5.97 Å². The molecule has 19 heavy (non-hydrogen) atoms. The van der Waals surface area contributed by atoms with Gasteiger partial charge in [-0.25, -0.2) is 0 Å². The van der Waals surface area contributed by atoms with E-state index in [1.807, 2.05) is 6.92 Å². The molecule has 0 fully saturated rings. The van der Waals surface area contributed by atoms with E-state index >= 15 is 0 Å². The monoisotopic (exact) mass is 269 g/mol. The Hall–Kier alpha value is -1.99. The molecule has 0 aromatic carbocycles. The van der Waals surface area contributed by atoms with Crippen LogP contribution in [0, 0.1) is 0 Å². The second-order valence-electron chi connectivity index (χ2n) is 3.94. The largest absolute Gasteiger partial charge is 0.466 e. The molecule has 106 valence electrons. The van der Waals surface area contributed by atoms with Crippen LogP contribution in [-0.2, 0) is 20.7 Å². The Balaban J connectivity index is 2.46. The zero-order chi connectivity index (χ0) is 14.1. The van der Waals surface area contributed by atoms with Crippen molar-refractivity contribution in [3.63, 3.8) is 0 Å². The number of aromatic nitrogens is 4. The Morgan fingerprint density at radius 2 is 2.11 bits per heavy atom. The van der Waals surface area contributed by atoms with Crippen molar-refractivity contribution in [1.82, 2.24) is 25.5 Å². The van der Waals surface area contributed by atoms with E-state index in [0.717, 1.165) is 6.42 Å². The van der Waals surface area contributed by atoms with E-state index in [9.17, 15) is 9.59 Å². The summed E-state index contributed by atoms with van der Waals surface area (Å²) in [6.45, 7) is 5.02. The maximum Gasteiger partial charge on any atom is 0.307 e. The quantitative estimate of drug-likeness (QED) is 0.663. The molecule has 8 heteroatoms. The van der Waals surface area contributed by atoms with Crippen LogP contribution in [0.1, 0.15) is 32.5 Å². The van der Waals surface area contributed by atoms with Gasteiger partial charge in [0.2, 0.25) is 5.91 Å². The molecule has 0 saturated heterocycles. The summed E-state index contributed by atoms with van der Waals surface area (Å²) in [5.74, 6) is -0.0641. The minimum Gasteiger partial charge on any atom is -0.466 e. The summed E-state index contributed by atoms with van der Waals surface area (Å²) in [5, 5.41) is 13.2. The molecular weight excluding hydrogens is 250 g/mol. The highest BCUT2D eigenvalue weighted by Gasteiger charge is 2.16. The number of carbonyl (C=O) groups excluding carboxylic acids is 2. The van der Waals surface area contributed by atoms with Gasteiger partial charge in [-0.2, -0.15) is 5.21 Å². The number of hydrogen-bond acceptors (Lipinski definition) is 6. The third-order valence-electron chi connectivity index (χ3n) is 2.44. The highest BCUT2D eigenvalue weighted by atomic mass is 16.5. The third kappa shape index (κ3) is 5.45. The Kier molecular flexibility index (Phi) is 6.48. The van der Waals surface area contributed by atoms with Gasteiger partial charge in [0.05, 0.1) is 19.4 Å². The van der Waals surface area contributed by atoms with Crippen molar-refractivity contribution in [2.24, 2.45) is 0 Å². The van der Waals surface area contributed by atoms with Crippen LogP contribution in [-0.4, -0.2) is 57.1 Å². The van der Waals surface area contributed by atoms with Crippen LogP contribution in [0.4, 0.5) is 0 Å². The van der Waals surface area contributed by atoms with E-state index in [2.05, 4.69) is 20.6 Å². The van der Waals surface area contributed by atoms with Gasteiger partial charge in [-0.3, -0.25) is 9.59 Å². The van der Waals surface area contributed by atoms with Crippen molar-refractivity contribution in [2.75, 3.05) is 19.7 Å². The molecule has 1 N–H and O–H groups in total. The van der Waals surface area contributed by atoms with Gasteiger partial charge in [0.25, 0.3) is 0 Å². The lowest BCUT2D eigenvalue weighted by atomic mass is 10.3. The number of tetrazole rings is 1. The number of nitrogens with zero attached hydrogens (tertiary/aromatic N) is 4. The number of ether oxygens (including phenoxy) is 1. The minimum absolute atomic E-state index is 0.0827. The van der Waals surface area contributed by atoms with Crippen LogP contribution in [0.2, 0.25) is 0 Å². The summed E-state index contributed by atoms with van der Waals surface area (Å²) in [6.07, 6.45) is 1.10. The third-order valence-corrected chi connectivity index (χ3v) is 2.44. The molecule has 0 aliphatic rings. The maximum atomic E-state index is 12.0. The van der Waals surface area contributed by atoms with Crippen LogP contribution in [0.15, 0.2) is 0 Å². The molecule has 1 rings (SSSR count). The highest BCUT2D eigenvalue weighted by molar-refractivity contribution is 5.78. The molecule has 0 saturated carbocycles. The van der Waals surface area contributed by atoms with Crippen molar-refractivity contribution in [3.8, 4) is 0 Å². The molecule has 0 radical (unpaired) electrons. The number of hydrogen-bond donors (Lipinski definition) is 1. The van der Waals surface area contributed by atoms with Crippen molar-refractivity contribution in [1.29, 1.82) is 0 Å². The zero-order valence-corrected chi connectivity index (χ0v) is 11.3. The smallest absolute Gasteiger partial charge is 0.307 e. The number of carbonyl (C=O) groups is 2. The standard InChI is InChI=1S/C11H19N5O3/c1-3-6-16(7-5-11(18)19-4-2)10(17)8-9-12-14-15-13-9/h3-8H2,1-2H3,(H,12,13,14,15). The van der Waals surface area contributed by atoms with Crippen molar-refractivity contribution in [2.45, 2.75) is 33.1 Å². The summed E-state index contributed by atoms with van der Waals surface area (Å²) in [5.41, 5.74) is 0. The van der Waals surface area contributed by atoms with Gasteiger partial charge in [-0.1, -0.05) is 12.1 Å². The van der Waals surface area contributed by atoms with Crippen LogP contribution in [0.5, 0.6) is 0 Å². The first-order chi connectivity index (χ1) is 9.17. The van der Waals surface area contributed by atoms with E-state index in [1.165, 1.54) is 0 Å². The van der Waals surface area contributed by atoms with Crippen molar-refractivity contribution < 1.29 is 14.3 Å². The molecular formula is C11H19N5O3. The molecule has 0 spiro atoms. The molecule has 1 amide bonds. The van der Waals surface area contributed by atoms with Gasteiger partial charge in [0.1, 0.15) is 0 Å². The van der Waals surface area contributed by atoms with E-state index in [1.54, 1.807) is 11.8 Å². The summed E-state index contributed by atoms with van der Waals surface area (Å²) in [7, 11) is 0. The lowest BCUT2D eigenvalue weighted by Gasteiger charge is -2.21. The summed E-state index contributed by atoms with van der Waals surface area (Å²) in [4.78, 5) is 24.9. The maximum absolute atomic E-state index is 12.0. The second-order valence-corrected chi connectivity index (χ2v) is 3.94. The first-order valence-corrected chi connectivity index (χ1v) is 6.33. The fourth-order valence-electron chi connectivity index (χ4n) is 1.59. The second kappa shape index (κ2) is 8.17. The van der Waals surface area contributed by atoms with Crippen molar-refractivity contribution in [3.05, 3.63) is 5.82 Å². The predicted molar refractivity (Wildman–Crippen MR) is 66.0 cm³/mol. The Bertz CT molecular complexity index is 393. The number of aromatic amines is 1. The molecule has 0 bridgehead atoms. The van der Waals surface area contributed by atoms with Gasteiger partial charge in [0.15, 0.2) is 5.82 Å². The fraction of sp³-hybridized carbons (Fsp3) is 0.727.